The molecule has 1 amide bonds. The second kappa shape index (κ2) is 7.53. The number of hydrogen-bond donors (Lipinski definition) is 1. The van der Waals surface area contributed by atoms with E-state index >= 15 is 0 Å². The van der Waals surface area contributed by atoms with Gasteiger partial charge in [-0.1, -0.05) is 60.1 Å². The zero-order valence-corrected chi connectivity index (χ0v) is 14.0. The Kier molecular flexibility index (Phi) is 5.21. The van der Waals surface area contributed by atoms with Gasteiger partial charge >= 0.3 is 0 Å². The fourth-order valence-corrected chi connectivity index (χ4v) is 3.45. The molecule has 0 saturated heterocycles. The smallest absolute Gasteiger partial charge is 0.234 e. The first-order chi connectivity index (χ1) is 11.2. The van der Waals surface area contributed by atoms with Crippen LogP contribution in [0.5, 0.6) is 0 Å². The van der Waals surface area contributed by atoms with E-state index in [1.807, 2.05) is 60.7 Å². The number of fused-ring (bicyclic) bond motifs is 1. The maximum atomic E-state index is 12.1. The molecule has 0 saturated carbocycles. The number of amides is 1. The minimum atomic E-state index is -0.00247. The predicted octanol–water partition coefficient (Wildman–Crippen LogP) is 5.37. The molecule has 23 heavy (non-hydrogen) atoms. The van der Waals surface area contributed by atoms with Crippen molar-refractivity contribution in [3.63, 3.8) is 0 Å². The van der Waals surface area contributed by atoms with Crippen LogP contribution in [-0.2, 0) is 10.5 Å². The molecule has 1 N–H and O–H groups in total. The summed E-state index contributed by atoms with van der Waals surface area (Å²) in [5.41, 5.74) is 1.88. The minimum Gasteiger partial charge on any atom is -0.325 e. The van der Waals surface area contributed by atoms with Gasteiger partial charge in [0.15, 0.2) is 0 Å². The zero-order valence-electron chi connectivity index (χ0n) is 12.5. The van der Waals surface area contributed by atoms with Crippen LogP contribution < -0.4 is 5.32 Å². The van der Waals surface area contributed by atoms with Crippen LogP contribution in [0.15, 0.2) is 66.7 Å². The summed E-state index contributed by atoms with van der Waals surface area (Å²) < 4.78 is 0. The fraction of sp³-hybridized carbons (Fsp3) is 0.105. The number of nitrogens with one attached hydrogen (secondary N) is 1. The van der Waals surface area contributed by atoms with E-state index in [0.29, 0.717) is 5.75 Å². The van der Waals surface area contributed by atoms with Gasteiger partial charge in [-0.05, 0) is 34.5 Å². The summed E-state index contributed by atoms with van der Waals surface area (Å²) in [4.78, 5) is 12.1. The van der Waals surface area contributed by atoms with Gasteiger partial charge in [-0.15, -0.1) is 11.8 Å². The largest absolute Gasteiger partial charge is 0.325 e. The monoisotopic (exact) mass is 341 g/mol. The molecule has 0 aliphatic rings. The van der Waals surface area contributed by atoms with E-state index in [1.165, 1.54) is 5.39 Å². The molecular weight excluding hydrogens is 326 g/mol. The van der Waals surface area contributed by atoms with Gasteiger partial charge < -0.3 is 5.32 Å². The molecule has 0 unspecified atom stereocenters. The average molecular weight is 342 g/mol. The highest BCUT2D eigenvalue weighted by molar-refractivity contribution is 7.99. The first-order valence-electron chi connectivity index (χ1n) is 7.32. The molecule has 0 fully saturated rings. The summed E-state index contributed by atoms with van der Waals surface area (Å²) in [7, 11) is 0. The summed E-state index contributed by atoms with van der Waals surface area (Å²) in [5.74, 6) is 1.13. The topological polar surface area (TPSA) is 29.1 Å². The van der Waals surface area contributed by atoms with Crippen molar-refractivity contribution >= 4 is 45.7 Å². The normalized spacial score (nSPS) is 10.7. The Labute approximate surface area is 144 Å². The number of anilines is 1. The summed E-state index contributed by atoms with van der Waals surface area (Å²) in [6.45, 7) is 0. The number of halogens is 1. The summed E-state index contributed by atoms with van der Waals surface area (Å²) >= 11 is 7.67. The summed E-state index contributed by atoms with van der Waals surface area (Å²) in [5, 5.41) is 5.97. The molecule has 3 aromatic rings. The SMILES string of the molecule is O=C(CSCc1ccccc1Cl)Nc1ccc2ccccc2c1. The summed E-state index contributed by atoms with van der Waals surface area (Å²) in [6.07, 6.45) is 0. The van der Waals surface area contributed by atoms with Gasteiger partial charge in [0.2, 0.25) is 5.91 Å². The Balaban J connectivity index is 1.55. The van der Waals surface area contributed by atoms with Crippen LogP contribution in [-0.4, -0.2) is 11.7 Å². The second-order valence-electron chi connectivity index (χ2n) is 5.19. The number of hydrogen-bond acceptors (Lipinski definition) is 2. The lowest BCUT2D eigenvalue weighted by Gasteiger charge is -2.07. The van der Waals surface area contributed by atoms with Gasteiger partial charge in [0.05, 0.1) is 5.75 Å². The highest BCUT2D eigenvalue weighted by atomic mass is 35.5. The van der Waals surface area contributed by atoms with Crippen molar-refractivity contribution < 1.29 is 4.79 Å². The van der Waals surface area contributed by atoms with E-state index in [-0.39, 0.29) is 5.91 Å². The number of carbonyl (C=O) groups is 1. The Morgan fingerprint density at radius 1 is 0.957 bits per heavy atom. The number of rotatable bonds is 5. The molecule has 116 valence electrons. The van der Waals surface area contributed by atoms with E-state index < -0.39 is 0 Å². The molecule has 0 spiro atoms. The van der Waals surface area contributed by atoms with E-state index in [4.69, 9.17) is 11.6 Å². The Bertz CT molecular complexity index is 834. The third kappa shape index (κ3) is 4.27. The quantitative estimate of drug-likeness (QED) is 0.676. The van der Waals surface area contributed by atoms with Gasteiger partial charge in [0, 0.05) is 16.5 Å². The van der Waals surface area contributed by atoms with Crippen LogP contribution in [0, 0.1) is 0 Å². The first-order valence-corrected chi connectivity index (χ1v) is 8.85. The van der Waals surface area contributed by atoms with Crippen LogP contribution in [0.3, 0.4) is 0 Å². The van der Waals surface area contributed by atoms with Crippen molar-refractivity contribution in [1.82, 2.24) is 0 Å². The maximum absolute atomic E-state index is 12.1. The molecule has 0 heterocycles. The van der Waals surface area contributed by atoms with Crippen molar-refractivity contribution in [3.05, 3.63) is 77.3 Å². The molecule has 3 aromatic carbocycles. The van der Waals surface area contributed by atoms with Crippen molar-refractivity contribution in [2.45, 2.75) is 5.75 Å². The van der Waals surface area contributed by atoms with Crippen molar-refractivity contribution in [1.29, 1.82) is 0 Å². The van der Waals surface area contributed by atoms with Crippen LogP contribution in [0.2, 0.25) is 5.02 Å². The van der Waals surface area contributed by atoms with E-state index in [9.17, 15) is 4.79 Å². The standard InChI is InChI=1S/C19H16ClNOS/c20-18-8-4-3-7-16(18)12-23-13-19(22)21-17-10-9-14-5-1-2-6-15(14)11-17/h1-11H,12-13H2,(H,21,22). The highest BCUT2D eigenvalue weighted by Gasteiger charge is 2.05. The number of thioether (sulfide) groups is 1. The fourth-order valence-electron chi connectivity index (χ4n) is 2.33. The van der Waals surface area contributed by atoms with Crippen molar-refractivity contribution in [2.24, 2.45) is 0 Å². The molecule has 0 bridgehead atoms. The minimum absolute atomic E-state index is 0.00247. The van der Waals surface area contributed by atoms with Crippen LogP contribution in [0.1, 0.15) is 5.56 Å². The Morgan fingerprint density at radius 2 is 1.70 bits per heavy atom. The van der Waals surface area contributed by atoms with Gasteiger partial charge in [-0.3, -0.25) is 4.79 Å². The number of carbonyl (C=O) groups excluding carboxylic acids is 1. The molecule has 4 heteroatoms. The molecule has 3 rings (SSSR count). The molecular formula is C19H16ClNOS. The summed E-state index contributed by atoms with van der Waals surface area (Å²) in [6, 6.07) is 21.7. The molecule has 2 nitrogen and oxygen atoms in total. The van der Waals surface area contributed by atoms with Crippen LogP contribution >= 0.6 is 23.4 Å². The first kappa shape index (κ1) is 15.9. The Morgan fingerprint density at radius 3 is 2.52 bits per heavy atom. The molecule has 0 aliphatic carbocycles. The molecule has 0 atom stereocenters. The van der Waals surface area contributed by atoms with Gasteiger partial charge in [-0.2, -0.15) is 0 Å². The lowest BCUT2D eigenvalue weighted by molar-refractivity contribution is -0.113. The van der Waals surface area contributed by atoms with Crippen LogP contribution in [0.4, 0.5) is 5.69 Å². The third-order valence-corrected chi connectivity index (χ3v) is 4.83. The molecule has 0 radical (unpaired) electrons. The Hall–Kier alpha value is -1.97. The average Bonchev–Trinajstić information content (AvgIpc) is 2.56. The zero-order chi connectivity index (χ0) is 16.1. The van der Waals surface area contributed by atoms with Gasteiger partial charge in [-0.25, -0.2) is 0 Å². The highest BCUT2D eigenvalue weighted by Crippen LogP contribution is 2.22. The van der Waals surface area contributed by atoms with Gasteiger partial charge in [0.1, 0.15) is 0 Å². The third-order valence-electron chi connectivity index (χ3n) is 3.48. The van der Waals surface area contributed by atoms with E-state index in [1.54, 1.807) is 11.8 Å². The van der Waals surface area contributed by atoms with E-state index in [2.05, 4.69) is 11.4 Å². The lowest BCUT2D eigenvalue weighted by Crippen LogP contribution is -2.14. The predicted molar refractivity (Wildman–Crippen MR) is 100 cm³/mol. The van der Waals surface area contributed by atoms with Crippen molar-refractivity contribution in [3.8, 4) is 0 Å². The maximum Gasteiger partial charge on any atom is 0.234 e. The second-order valence-corrected chi connectivity index (χ2v) is 6.59. The van der Waals surface area contributed by atoms with Crippen LogP contribution in [0.25, 0.3) is 10.8 Å². The molecule has 0 aromatic heterocycles. The van der Waals surface area contributed by atoms with E-state index in [0.717, 1.165) is 27.4 Å². The molecule has 0 aliphatic heterocycles. The number of benzene rings is 3. The lowest BCUT2D eigenvalue weighted by atomic mass is 10.1. The van der Waals surface area contributed by atoms with Crippen molar-refractivity contribution in [2.75, 3.05) is 11.1 Å². The van der Waals surface area contributed by atoms with Gasteiger partial charge in [0.25, 0.3) is 0 Å².